The Bertz CT molecular complexity index is 859. The van der Waals surface area contributed by atoms with Crippen LogP contribution < -0.4 is 10.9 Å². The Morgan fingerprint density at radius 3 is 2.80 bits per heavy atom. The zero-order chi connectivity index (χ0) is 18.6. The second kappa shape index (κ2) is 8.17. The van der Waals surface area contributed by atoms with Crippen LogP contribution in [0.4, 0.5) is 5.00 Å². The Balaban J connectivity index is 2.09. The van der Waals surface area contributed by atoms with E-state index in [4.69, 9.17) is 4.74 Å². The Morgan fingerprint density at radius 2 is 2.16 bits per heavy atom. The highest BCUT2D eigenvalue weighted by molar-refractivity contribution is 7.99. The lowest BCUT2D eigenvalue weighted by Crippen LogP contribution is -2.17. The third kappa shape index (κ3) is 4.83. The highest BCUT2D eigenvalue weighted by Crippen LogP contribution is 2.33. The summed E-state index contributed by atoms with van der Waals surface area (Å²) in [4.78, 5) is 42.5. The van der Waals surface area contributed by atoms with Crippen LogP contribution in [0.15, 0.2) is 16.0 Å². The van der Waals surface area contributed by atoms with Gasteiger partial charge in [0, 0.05) is 4.88 Å². The van der Waals surface area contributed by atoms with E-state index in [0.29, 0.717) is 10.6 Å². The summed E-state index contributed by atoms with van der Waals surface area (Å²) in [5.74, 6) is -1.32. The summed E-state index contributed by atoms with van der Waals surface area (Å²) >= 11 is 2.26. The van der Waals surface area contributed by atoms with Gasteiger partial charge >= 0.3 is 5.97 Å². The topological polar surface area (TPSA) is 121 Å². The number of aromatic hydroxyl groups is 1. The number of carbonyl (C=O) groups excluding carboxylic acids is 2. The molecule has 0 aliphatic heterocycles. The fourth-order valence-corrected chi connectivity index (χ4v) is 3.69. The van der Waals surface area contributed by atoms with Gasteiger partial charge in [0.2, 0.25) is 11.8 Å². The van der Waals surface area contributed by atoms with E-state index in [1.165, 1.54) is 11.3 Å². The number of amides is 1. The Kier molecular flexibility index (Phi) is 6.21. The standard InChI is InChI=1S/C15H17N3O5S2/c1-4-23-14(22)12-7(2)8(3)25-13(12)16-11(21)6-24-15-17-9(19)5-10(20)18-15/h5H,4,6H2,1-3H3,(H,16,21)(H2,17,18,19,20). The van der Waals surface area contributed by atoms with Crippen molar-refractivity contribution in [1.29, 1.82) is 0 Å². The molecule has 0 spiro atoms. The largest absolute Gasteiger partial charge is 0.493 e. The van der Waals surface area contributed by atoms with Crippen molar-refractivity contribution in [1.82, 2.24) is 9.97 Å². The van der Waals surface area contributed by atoms with Gasteiger partial charge in [0.1, 0.15) is 5.00 Å². The second-order valence-corrected chi connectivity index (χ2v) is 7.14. The number of esters is 1. The summed E-state index contributed by atoms with van der Waals surface area (Å²) in [5, 5.41) is 12.5. The van der Waals surface area contributed by atoms with Crippen molar-refractivity contribution < 1.29 is 19.4 Å². The molecule has 0 aliphatic rings. The Labute approximate surface area is 151 Å². The lowest BCUT2D eigenvalue weighted by Gasteiger charge is -2.07. The van der Waals surface area contributed by atoms with Crippen LogP contribution in [0.2, 0.25) is 0 Å². The third-order valence-corrected chi connectivity index (χ3v) is 5.16. The van der Waals surface area contributed by atoms with Crippen LogP contribution in [0.25, 0.3) is 0 Å². The second-order valence-electron chi connectivity index (χ2n) is 4.95. The molecule has 0 radical (unpaired) electrons. The summed E-state index contributed by atoms with van der Waals surface area (Å²) in [6.45, 7) is 5.61. The van der Waals surface area contributed by atoms with Gasteiger partial charge in [-0.25, -0.2) is 4.79 Å². The number of hydrogen-bond acceptors (Lipinski definition) is 8. The van der Waals surface area contributed by atoms with Crippen LogP contribution in [0, 0.1) is 13.8 Å². The maximum Gasteiger partial charge on any atom is 0.341 e. The van der Waals surface area contributed by atoms with Gasteiger partial charge in [-0.2, -0.15) is 4.98 Å². The number of H-pyrrole nitrogens is 1. The van der Waals surface area contributed by atoms with Gasteiger partial charge in [0.05, 0.1) is 24.0 Å². The lowest BCUT2D eigenvalue weighted by atomic mass is 10.1. The first kappa shape index (κ1) is 19.0. The number of thiophene rings is 1. The number of aromatic amines is 1. The summed E-state index contributed by atoms with van der Waals surface area (Å²) in [5.41, 5.74) is 0.612. The number of thioether (sulfide) groups is 1. The van der Waals surface area contributed by atoms with Gasteiger partial charge in [0.15, 0.2) is 5.16 Å². The molecule has 134 valence electrons. The highest BCUT2D eigenvalue weighted by Gasteiger charge is 2.22. The third-order valence-electron chi connectivity index (χ3n) is 3.16. The maximum atomic E-state index is 12.1. The first-order chi connectivity index (χ1) is 11.8. The number of aromatic nitrogens is 2. The van der Waals surface area contributed by atoms with E-state index in [2.05, 4.69) is 15.3 Å². The maximum absolute atomic E-state index is 12.1. The average Bonchev–Trinajstić information content (AvgIpc) is 2.79. The number of rotatable bonds is 6. The zero-order valence-corrected chi connectivity index (χ0v) is 15.5. The van der Waals surface area contributed by atoms with Crippen molar-refractivity contribution in [3.8, 4) is 5.88 Å². The van der Waals surface area contributed by atoms with Crippen molar-refractivity contribution in [3.05, 3.63) is 32.4 Å². The number of carbonyl (C=O) groups is 2. The van der Waals surface area contributed by atoms with Crippen LogP contribution in [0.1, 0.15) is 27.7 Å². The van der Waals surface area contributed by atoms with Crippen molar-refractivity contribution >= 4 is 40.0 Å². The molecule has 1 amide bonds. The van der Waals surface area contributed by atoms with Gasteiger partial charge in [-0.3, -0.25) is 9.59 Å². The fourth-order valence-electron chi connectivity index (χ4n) is 1.95. The van der Waals surface area contributed by atoms with Crippen molar-refractivity contribution in [2.45, 2.75) is 25.9 Å². The van der Waals surface area contributed by atoms with Crippen molar-refractivity contribution in [2.24, 2.45) is 0 Å². The van der Waals surface area contributed by atoms with Gasteiger partial charge in [-0.15, -0.1) is 11.3 Å². The molecular formula is C15H17N3O5S2. The minimum absolute atomic E-state index is 0.0509. The molecule has 8 nitrogen and oxygen atoms in total. The molecule has 2 heterocycles. The van der Waals surface area contributed by atoms with E-state index >= 15 is 0 Å². The molecule has 10 heteroatoms. The van der Waals surface area contributed by atoms with Crippen LogP contribution in [-0.4, -0.2) is 39.3 Å². The molecule has 0 saturated carbocycles. The molecule has 2 aromatic rings. The number of ether oxygens (including phenoxy) is 1. The van der Waals surface area contributed by atoms with Crippen LogP contribution >= 0.6 is 23.1 Å². The van der Waals surface area contributed by atoms with Crippen molar-refractivity contribution in [2.75, 3.05) is 17.7 Å². The molecule has 3 N–H and O–H groups in total. The quantitative estimate of drug-likeness (QED) is 0.396. The van der Waals surface area contributed by atoms with E-state index in [1.807, 2.05) is 6.92 Å². The molecule has 0 atom stereocenters. The molecule has 25 heavy (non-hydrogen) atoms. The van der Waals surface area contributed by atoms with E-state index in [0.717, 1.165) is 28.3 Å². The number of nitrogens with zero attached hydrogens (tertiary/aromatic N) is 1. The molecule has 0 bridgehead atoms. The van der Waals surface area contributed by atoms with Gasteiger partial charge < -0.3 is 20.1 Å². The van der Waals surface area contributed by atoms with Gasteiger partial charge in [0.25, 0.3) is 5.56 Å². The molecule has 2 aromatic heterocycles. The minimum atomic E-state index is -0.510. The monoisotopic (exact) mass is 383 g/mol. The Morgan fingerprint density at radius 1 is 1.44 bits per heavy atom. The first-order valence-electron chi connectivity index (χ1n) is 7.32. The van der Waals surface area contributed by atoms with E-state index in [-0.39, 0.29) is 23.4 Å². The number of aryl methyl sites for hydroxylation is 1. The fraction of sp³-hybridized carbons (Fsp3) is 0.333. The Hall–Kier alpha value is -2.33. The smallest absolute Gasteiger partial charge is 0.341 e. The van der Waals surface area contributed by atoms with Crippen LogP contribution in [0.5, 0.6) is 5.88 Å². The molecule has 0 aliphatic carbocycles. The molecule has 0 aromatic carbocycles. The van der Waals surface area contributed by atoms with Crippen molar-refractivity contribution in [3.63, 3.8) is 0 Å². The average molecular weight is 383 g/mol. The molecule has 0 unspecified atom stereocenters. The number of nitrogens with one attached hydrogen (secondary N) is 2. The number of anilines is 1. The first-order valence-corrected chi connectivity index (χ1v) is 9.12. The van der Waals surface area contributed by atoms with Gasteiger partial charge in [-0.05, 0) is 26.3 Å². The molecule has 0 fully saturated rings. The molecule has 0 saturated heterocycles. The summed E-state index contributed by atoms with van der Waals surface area (Å²) in [7, 11) is 0. The summed E-state index contributed by atoms with van der Waals surface area (Å²) in [6.07, 6.45) is 0. The van der Waals surface area contributed by atoms with Gasteiger partial charge in [-0.1, -0.05) is 11.8 Å². The summed E-state index contributed by atoms with van der Waals surface area (Å²) in [6, 6.07) is 0.937. The number of hydrogen-bond donors (Lipinski definition) is 3. The zero-order valence-electron chi connectivity index (χ0n) is 13.8. The van der Waals surface area contributed by atoms with E-state index < -0.39 is 17.4 Å². The summed E-state index contributed by atoms with van der Waals surface area (Å²) < 4.78 is 5.03. The predicted molar refractivity (Wildman–Crippen MR) is 95.6 cm³/mol. The molecular weight excluding hydrogens is 366 g/mol. The van der Waals surface area contributed by atoms with E-state index in [1.54, 1.807) is 13.8 Å². The lowest BCUT2D eigenvalue weighted by molar-refractivity contribution is -0.113. The van der Waals surface area contributed by atoms with E-state index in [9.17, 15) is 19.5 Å². The predicted octanol–water partition coefficient (Wildman–Crippen LogP) is 2.06. The minimum Gasteiger partial charge on any atom is -0.493 e. The van der Waals surface area contributed by atoms with Crippen LogP contribution in [0.3, 0.4) is 0 Å². The van der Waals surface area contributed by atoms with Crippen LogP contribution in [-0.2, 0) is 9.53 Å². The SMILES string of the molecule is CCOC(=O)c1c(NC(=O)CSc2nc(O)cc(=O)[nH]2)sc(C)c1C. The highest BCUT2D eigenvalue weighted by atomic mass is 32.2. The normalized spacial score (nSPS) is 10.5. The molecule has 2 rings (SSSR count).